The van der Waals surface area contributed by atoms with Crippen molar-refractivity contribution in [3.8, 4) is 5.75 Å². The van der Waals surface area contributed by atoms with E-state index in [0.717, 1.165) is 37.8 Å². The largest absolute Gasteiger partial charge is 0.378 e. The van der Waals surface area contributed by atoms with Crippen LogP contribution in [0, 0.1) is 23.6 Å². The van der Waals surface area contributed by atoms with Gasteiger partial charge in [-0.25, -0.2) is 9.37 Å². The quantitative estimate of drug-likeness (QED) is 0.601. The number of rotatable bonds is 6. The van der Waals surface area contributed by atoms with Crippen molar-refractivity contribution >= 4 is 23.3 Å². The zero-order valence-electron chi connectivity index (χ0n) is 14.7. The number of halogens is 2. The molecule has 1 saturated carbocycles. The lowest BCUT2D eigenvalue weighted by Crippen LogP contribution is -2.26. The van der Waals surface area contributed by atoms with Crippen LogP contribution in [0.25, 0.3) is 0 Å². The summed E-state index contributed by atoms with van der Waals surface area (Å²) in [5.41, 5.74) is 3.16. The third-order valence-electron chi connectivity index (χ3n) is 5.23. The van der Waals surface area contributed by atoms with Gasteiger partial charge in [-0.05, 0) is 54.3 Å². The highest BCUT2D eigenvalue weighted by Gasteiger charge is 2.55. The van der Waals surface area contributed by atoms with Crippen LogP contribution in [-0.2, 0) is 11.2 Å². The van der Waals surface area contributed by atoms with Crippen LogP contribution < -0.4 is 15.2 Å². The van der Waals surface area contributed by atoms with E-state index in [9.17, 15) is 9.18 Å². The van der Waals surface area contributed by atoms with Gasteiger partial charge in [0, 0.05) is 26.2 Å². The fourth-order valence-electron chi connectivity index (χ4n) is 3.94. The molecule has 1 amide bonds. The number of pyridine rings is 1. The zero-order chi connectivity index (χ0) is 19.0. The number of aromatic nitrogens is 3. The third-order valence-corrected chi connectivity index (χ3v) is 5.42. The summed E-state index contributed by atoms with van der Waals surface area (Å²) in [7, 11) is 0. The van der Waals surface area contributed by atoms with Crippen LogP contribution in [-0.4, -0.2) is 33.9 Å². The molecule has 3 heterocycles. The Labute approximate surface area is 160 Å². The Morgan fingerprint density at radius 3 is 2.93 bits per heavy atom. The maximum Gasteiger partial charge on any atom is 0.249 e. The molecule has 2 fully saturated rings. The molecule has 0 bridgehead atoms. The fraction of sp³-hybridized carbons (Fsp3) is 0.444. The minimum atomic E-state index is -0.439. The fourth-order valence-corrected chi connectivity index (χ4v) is 4.07. The second-order valence-electron chi connectivity index (χ2n) is 6.95. The highest BCUT2D eigenvalue weighted by Crippen LogP contribution is 2.54. The van der Waals surface area contributed by atoms with Crippen LogP contribution in [0.5, 0.6) is 5.75 Å². The molecule has 0 aromatic carbocycles. The van der Waals surface area contributed by atoms with Crippen LogP contribution in [0.1, 0.15) is 19.0 Å². The normalized spacial score (nSPS) is 23.1. The van der Waals surface area contributed by atoms with E-state index in [-0.39, 0.29) is 17.0 Å². The zero-order valence-corrected chi connectivity index (χ0v) is 15.5. The molecule has 142 valence electrons. The molecule has 1 saturated heterocycles. The predicted octanol–water partition coefficient (Wildman–Crippen LogP) is 2.41. The Bertz CT molecular complexity index is 855. The Hall–Kier alpha value is -2.48. The smallest absolute Gasteiger partial charge is 0.249 e. The summed E-state index contributed by atoms with van der Waals surface area (Å²) in [5, 5.41) is 0.0605. The van der Waals surface area contributed by atoms with Crippen LogP contribution in [0.15, 0.2) is 24.5 Å². The Kier molecular flexibility index (Phi) is 4.82. The van der Waals surface area contributed by atoms with E-state index < -0.39 is 5.82 Å². The van der Waals surface area contributed by atoms with Gasteiger partial charge in [0.05, 0.1) is 11.9 Å². The van der Waals surface area contributed by atoms with Crippen LogP contribution >= 0.6 is 11.6 Å². The number of carbonyl (C=O) groups is 1. The first-order chi connectivity index (χ1) is 13.0. The highest BCUT2D eigenvalue weighted by atomic mass is 35.5. The molecule has 2 atom stereocenters. The molecule has 9 heteroatoms. The van der Waals surface area contributed by atoms with Gasteiger partial charge < -0.3 is 9.74 Å². The second-order valence-corrected chi connectivity index (χ2v) is 7.29. The van der Waals surface area contributed by atoms with Gasteiger partial charge in [-0.3, -0.25) is 9.78 Å². The molecule has 2 aromatic rings. The first-order valence-electron chi connectivity index (χ1n) is 8.83. The van der Waals surface area contributed by atoms with Crippen molar-refractivity contribution in [2.45, 2.75) is 19.8 Å². The molecule has 2 unspecified atom stereocenters. The van der Waals surface area contributed by atoms with E-state index in [4.69, 9.17) is 16.4 Å². The van der Waals surface area contributed by atoms with E-state index in [1.165, 1.54) is 6.92 Å². The molecule has 2 aliphatic rings. The van der Waals surface area contributed by atoms with Gasteiger partial charge in [0.2, 0.25) is 11.2 Å². The SMILES string of the molecule is CC(=O)NOc1cccnc1CCC1C2CN(c3nc(Cl)ncc3F)CC12. The molecular formula is C18H19ClFN5O2. The molecule has 1 N–H and O–H groups in total. The summed E-state index contributed by atoms with van der Waals surface area (Å²) in [6.07, 6.45) is 4.57. The van der Waals surface area contributed by atoms with Gasteiger partial charge in [-0.2, -0.15) is 10.5 Å². The molecule has 0 spiro atoms. The Balaban J connectivity index is 1.32. The number of piperidine rings is 1. The summed E-state index contributed by atoms with van der Waals surface area (Å²) in [6.45, 7) is 2.94. The highest BCUT2D eigenvalue weighted by molar-refractivity contribution is 6.28. The van der Waals surface area contributed by atoms with E-state index >= 15 is 0 Å². The molecule has 1 aliphatic heterocycles. The minimum absolute atomic E-state index is 0.0605. The monoisotopic (exact) mass is 391 g/mol. The topological polar surface area (TPSA) is 80.2 Å². The average molecular weight is 392 g/mol. The molecule has 7 nitrogen and oxygen atoms in total. The van der Waals surface area contributed by atoms with E-state index in [0.29, 0.717) is 23.5 Å². The first-order valence-corrected chi connectivity index (χ1v) is 9.21. The van der Waals surface area contributed by atoms with Gasteiger partial charge in [-0.1, -0.05) is 0 Å². The first kappa shape index (κ1) is 17.9. The van der Waals surface area contributed by atoms with Crippen molar-refractivity contribution in [3.63, 3.8) is 0 Å². The van der Waals surface area contributed by atoms with Gasteiger partial charge >= 0.3 is 0 Å². The van der Waals surface area contributed by atoms with Crippen molar-refractivity contribution < 1.29 is 14.0 Å². The maximum absolute atomic E-state index is 13.9. The molecular weight excluding hydrogens is 373 g/mol. The minimum Gasteiger partial charge on any atom is -0.378 e. The van der Waals surface area contributed by atoms with E-state index in [1.54, 1.807) is 18.3 Å². The van der Waals surface area contributed by atoms with Crippen molar-refractivity contribution in [1.29, 1.82) is 0 Å². The number of carbonyl (C=O) groups excluding carboxylic acids is 1. The van der Waals surface area contributed by atoms with Gasteiger partial charge in [0.1, 0.15) is 0 Å². The van der Waals surface area contributed by atoms with Crippen LogP contribution in [0.2, 0.25) is 5.28 Å². The van der Waals surface area contributed by atoms with Crippen molar-refractivity contribution in [2.24, 2.45) is 17.8 Å². The van der Waals surface area contributed by atoms with E-state index in [2.05, 4.69) is 20.4 Å². The molecule has 1 aliphatic carbocycles. The number of nitrogens with one attached hydrogen (secondary N) is 1. The number of nitrogens with zero attached hydrogens (tertiary/aromatic N) is 4. The second kappa shape index (κ2) is 7.26. The molecule has 2 aromatic heterocycles. The molecule has 4 rings (SSSR count). The summed E-state index contributed by atoms with van der Waals surface area (Å²) < 4.78 is 13.9. The number of amides is 1. The Morgan fingerprint density at radius 2 is 2.19 bits per heavy atom. The van der Waals surface area contributed by atoms with Crippen molar-refractivity contribution in [2.75, 3.05) is 18.0 Å². The Morgan fingerprint density at radius 1 is 1.41 bits per heavy atom. The van der Waals surface area contributed by atoms with Crippen LogP contribution in [0.4, 0.5) is 10.2 Å². The number of fused-ring (bicyclic) bond motifs is 1. The van der Waals surface area contributed by atoms with Crippen LogP contribution in [0.3, 0.4) is 0 Å². The lowest BCUT2D eigenvalue weighted by atomic mass is 10.1. The van der Waals surface area contributed by atoms with Gasteiger partial charge in [0.15, 0.2) is 17.4 Å². The number of hydroxylamine groups is 1. The number of hydrogen-bond donors (Lipinski definition) is 1. The lowest BCUT2D eigenvalue weighted by Gasteiger charge is -2.21. The van der Waals surface area contributed by atoms with E-state index in [1.807, 2.05) is 4.90 Å². The molecule has 27 heavy (non-hydrogen) atoms. The number of aryl methyl sites for hydroxylation is 1. The lowest BCUT2D eigenvalue weighted by molar-refractivity contribution is -0.125. The summed E-state index contributed by atoms with van der Waals surface area (Å²) in [6, 6.07) is 3.56. The van der Waals surface area contributed by atoms with Gasteiger partial charge in [-0.15, -0.1) is 0 Å². The average Bonchev–Trinajstić information content (AvgIpc) is 3.09. The third kappa shape index (κ3) is 3.80. The predicted molar refractivity (Wildman–Crippen MR) is 96.7 cm³/mol. The number of anilines is 1. The standard InChI is InChI=1S/C18H19ClFN5O2/c1-10(26)24-27-16-3-2-6-21-15(16)5-4-11-12-8-25(9-13(11)12)17-14(20)7-22-18(19)23-17/h2-3,6-7,11-13H,4-5,8-9H2,1H3,(H,24,26). The molecule has 0 radical (unpaired) electrons. The summed E-state index contributed by atoms with van der Waals surface area (Å²) >= 11 is 5.79. The number of hydrogen-bond acceptors (Lipinski definition) is 6. The maximum atomic E-state index is 13.9. The van der Waals surface area contributed by atoms with Crippen molar-refractivity contribution in [1.82, 2.24) is 20.4 Å². The summed E-state index contributed by atoms with van der Waals surface area (Å²) in [5.74, 6) is 1.79. The van der Waals surface area contributed by atoms with Gasteiger partial charge in [0.25, 0.3) is 0 Å². The van der Waals surface area contributed by atoms with Crippen molar-refractivity contribution in [3.05, 3.63) is 41.3 Å². The summed E-state index contributed by atoms with van der Waals surface area (Å²) in [4.78, 5) is 30.3.